The highest BCUT2D eigenvalue weighted by Gasteiger charge is 2.27. The van der Waals surface area contributed by atoms with Crippen molar-refractivity contribution in [3.63, 3.8) is 0 Å². The molecule has 0 fully saturated rings. The van der Waals surface area contributed by atoms with Crippen LogP contribution in [-0.2, 0) is 24.0 Å². The van der Waals surface area contributed by atoms with Crippen molar-refractivity contribution in [3.05, 3.63) is 70.8 Å². The van der Waals surface area contributed by atoms with Crippen molar-refractivity contribution in [1.29, 1.82) is 0 Å². The second-order valence-corrected chi connectivity index (χ2v) is 6.81. The zero-order valence-corrected chi connectivity index (χ0v) is 14.0. The molecule has 1 atom stereocenters. The molecular weight excluding hydrogens is 324 g/mol. The Hall–Kier alpha value is -1.12. The number of hydrogen-bond acceptors (Lipinski definition) is 1. The van der Waals surface area contributed by atoms with Crippen LogP contribution in [0.1, 0.15) is 27.1 Å². The molecule has 0 bridgehead atoms. The summed E-state index contributed by atoms with van der Waals surface area (Å²) in [5, 5.41) is 0. The van der Waals surface area contributed by atoms with Gasteiger partial charge in [0, 0.05) is 11.9 Å². The second kappa shape index (κ2) is 6.76. The lowest BCUT2D eigenvalue weighted by Crippen LogP contribution is -2.07. The molecule has 2 heteroatoms. The highest BCUT2D eigenvalue weighted by atomic mass is 79.9. The Balaban J connectivity index is 1.67. The van der Waals surface area contributed by atoms with Crippen molar-refractivity contribution in [2.24, 2.45) is 5.92 Å². The van der Waals surface area contributed by atoms with Gasteiger partial charge < -0.3 is 4.74 Å². The van der Waals surface area contributed by atoms with Crippen LogP contribution >= 0.6 is 15.9 Å². The van der Waals surface area contributed by atoms with Crippen LogP contribution < -0.4 is 0 Å². The number of benzene rings is 2. The molecule has 2 aromatic carbocycles. The first kappa shape index (κ1) is 14.8. The van der Waals surface area contributed by atoms with Crippen molar-refractivity contribution in [2.75, 3.05) is 13.7 Å². The molecule has 1 aliphatic carbocycles. The molecule has 3 rings (SSSR count). The fourth-order valence-corrected chi connectivity index (χ4v) is 3.84. The summed E-state index contributed by atoms with van der Waals surface area (Å²) < 4.78 is 5.13. The molecule has 0 amide bonds. The number of hydrogen-bond donors (Lipinski definition) is 0. The Morgan fingerprint density at radius 3 is 2.24 bits per heavy atom. The molecule has 0 radical (unpaired) electrons. The summed E-state index contributed by atoms with van der Waals surface area (Å²) in [6, 6.07) is 17.8. The number of fused-ring (bicyclic) bond motifs is 1. The van der Waals surface area contributed by atoms with E-state index in [0.29, 0.717) is 10.7 Å². The fourth-order valence-electron chi connectivity index (χ4n) is 3.16. The molecule has 0 saturated carbocycles. The minimum atomic E-state index is 0.432. The summed E-state index contributed by atoms with van der Waals surface area (Å²) in [5.41, 5.74) is 5.76. The first-order valence-corrected chi connectivity index (χ1v) is 8.48. The highest BCUT2D eigenvalue weighted by Crippen LogP contribution is 2.40. The Labute approximate surface area is 135 Å². The van der Waals surface area contributed by atoms with Crippen LogP contribution in [0.3, 0.4) is 0 Å². The van der Waals surface area contributed by atoms with Gasteiger partial charge in [-0.1, -0.05) is 64.5 Å². The van der Waals surface area contributed by atoms with Gasteiger partial charge in [-0.05, 0) is 47.4 Å². The maximum Gasteiger partial charge on any atom is 0.0502 e. The van der Waals surface area contributed by atoms with Crippen molar-refractivity contribution in [3.8, 4) is 0 Å². The van der Waals surface area contributed by atoms with Crippen molar-refractivity contribution >= 4 is 15.9 Å². The van der Waals surface area contributed by atoms with Gasteiger partial charge in [-0.25, -0.2) is 0 Å². The van der Waals surface area contributed by atoms with Crippen LogP contribution in [0.15, 0.2) is 48.5 Å². The van der Waals surface area contributed by atoms with Gasteiger partial charge in [0.25, 0.3) is 0 Å². The van der Waals surface area contributed by atoms with Crippen molar-refractivity contribution in [2.45, 2.75) is 24.1 Å². The van der Waals surface area contributed by atoms with Gasteiger partial charge >= 0.3 is 0 Å². The van der Waals surface area contributed by atoms with Crippen LogP contribution in [0.5, 0.6) is 0 Å². The zero-order valence-electron chi connectivity index (χ0n) is 12.4. The van der Waals surface area contributed by atoms with E-state index in [1.807, 2.05) is 0 Å². The van der Waals surface area contributed by atoms with Crippen molar-refractivity contribution < 1.29 is 4.74 Å². The molecule has 0 heterocycles. The lowest BCUT2D eigenvalue weighted by molar-refractivity contribution is 0.202. The first-order valence-electron chi connectivity index (χ1n) is 7.56. The smallest absolute Gasteiger partial charge is 0.0502 e. The van der Waals surface area contributed by atoms with E-state index in [0.717, 1.165) is 13.0 Å². The number of alkyl halides is 1. The number of methoxy groups -OCH3 is 1. The summed E-state index contributed by atoms with van der Waals surface area (Å²) in [6.45, 7) is 0.787. The van der Waals surface area contributed by atoms with E-state index in [1.54, 1.807) is 7.11 Å². The van der Waals surface area contributed by atoms with E-state index < -0.39 is 0 Å². The predicted molar refractivity (Wildman–Crippen MR) is 91.0 cm³/mol. The number of ether oxygens (including phenoxy) is 1. The molecule has 0 aromatic heterocycles. The molecule has 1 aliphatic rings. The molecule has 0 spiro atoms. The summed E-state index contributed by atoms with van der Waals surface area (Å²) >= 11 is 3.92. The van der Waals surface area contributed by atoms with Gasteiger partial charge in [0.2, 0.25) is 0 Å². The lowest BCUT2D eigenvalue weighted by Gasteiger charge is -2.18. The third-order valence-electron chi connectivity index (χ3n) is 4.39. The Morgan fingerprint density at radius 1 is 1.05 bits per heavy atom. The maximum atomic E-state index is 5.13. The largest absolute Gasteiger partial charge is 0.384 e. The summed E-state index contributed by atoms with van der Waals surface area (Å²) in [4.78, 5) is 0.432. The topological polar surface area (TPSA) is 9.23 Å². The van der Waals surface area contributed by atoms with Gasteiger partial charge in [-0.3, -0.25) is 0 Å². The molecule has 1 unspecified atom stereocenters. The summed E-state index contributed by atoms with van der Waals surface area (Å²) in [6.07, 6.45) is 3.34. The van der Waals surface area contributed by atoms with Gasteiger partial charge in [0.1, 0.15) is 0 Å². The Morgan fingerprint density at radius 2 is 1.67 bits per heavy atom. The fraction of sp³-hybridized carbons (Fsp3) is 0.368. The standard InChI is InChI=1S/C19H21BrO/c1-21-11-10-14-6-8-15(9-7-14)19(20)18-12-16-4-2-3-5-17(16)13-18/h2-9,18-19H,10-13H2,1H3. The van der Waals surface area contributed by atoms with E-state index >= 15 is 0 Å². The summed E-state index contributed by atoms with van der Waals surface area (Å²) in [7, 11) is 1.75. The third-order valence-corrected chi connectivity index (χ3v) is 5.67. The van der Waals surface area contributed by atoms with E-state index in [2.05, 4.69) is 64.5 Å². The van der Waals surface area contributed by atoms with Crippen LogP contribution in [0.2, 0.25) is 0 Å². The van der Waals surface area contributed by atoms with Gasteiger partial charge in [-0.15, -0.1) is 0 Å². The lowest BCUT2D eigenvalue weighted by atomic mass is 9.95. The quantitative estimate of drug-likeness (QED) is 0.712. The van der Waals surface area contributed by atoms with Gasteiger partial charge in [-0.2, -0.15) is 0 Å². The SMILES string of the molecule is COCCc1ccc(C(Br)C2Cc3ccccc3C2)cc1. The first-order chi connectivity index (χ1) is 10.3. The van der Waals surface area contributed by atoms with Crippen molar-refractivity contribution in [1.82, 2.24) is 0 Å². The summed E-state index contributed by atoms with van der Waals surface area (Å²) in [5.74, 6) is 0.659. The predicted octanol–water partition coefficient (Wildman–Crippen LogP) is 4.73. The van der Waals surface area contributed by atoms with E-state index in [1.165, 1.54) is 35.1 Å². The monoisotopic (exact) mass is 344 g/mol. The van der Waals surface area contributed by atoms with Crippen LogP contribution in [-0.4, -0.2) is 13.7 Å². The molecule has 0 saturated heterocycles. The number of rotatable bonds is 5. The second-order valence-electron chi connectivity index (χ2n) is 5.82. The maximum absolute atomic E-state index is 5.13. The van der Waals surface area contributed by atoms with Crippen LogP contribution in [0.25, 0.3) is 0 Å². The van der Waals surface area contributed by atoms with Crippen LogP contribution in [0, 0.1) is 5.92 Å². The Bertz CT molecular complexity index is 566. The normalized spacial score (nSPS) is 15.9. The van der Waals surface area contributed by atoms with Gasteiger partial charge in [0.15, 0.2) is 0 Å². The molecular formula is C19H21BrO. The van der Waals surface area contributed by atoms with Gasteiger partial charge in [0.05, 0.1) is 6.61 Å². The number of halogens is 1. The molecule has 0 aliphatic heterocycles. The third kappa shape index (κ3) is 3.38. The van der Waals surface area contributed by atoms with E-state index in [-0.39, 0.29) is 0 Å². The average Bonchev–Trinajstić information content (AvgIpc) is 2.96. The highest BCUT2D eigenvalue weighted by molar-refractivity contribution is 9.09. The molecule has 21 heavy (non-hydrogen) atoms. The minimum Gasteiger partial charge on any atom is -0.384 e. The van der Waals surface area contributed by atoms with Crippen LogP contribution in [0.4, 0.5) is 0 Å². The Kier molecular flexibility index (Phi) is 4.77. The van der Waals surface area contributed by atoms with E-state index in [9.17, 15) is 0 Å². The molecule has 1 nitrogen and oxygen atoms in total. The molecule has 110 valence electrons. The van der Waals surface area contributed by atoms with E-state index in [4.69, 9.17) is 4.74 Å². The average molecular weight is 345 g/mol. The zero-order chi connectivity index (χ0) is 14.7. The molecule has 0 N–H and O–H groups in total. The molecule has 2 aromatic rings. The minimum absolute atomic E-state index is 0.432.